The van der Waals surface area contributed by atoms with Crippen molar-refractivity contribution in [1.82, 2.24) is 0 Å². The van der Waals surface area contributed by atoms with Gasteiger partial charge in [0.15, 0.2) is 0 Å². The summed E-state index contributed by atoms with van der Waals surface area (Å²) in [5.41, 5.74) is 2.07. The zero-order chi connectivity index (χ0) is 18.0. The molecule has 2 aromatic carbocycles. The molecule has 0 spiro atoms. The number of carbonyl (C=O) groups excluding carboxylic acids is 1. The van der Waals surface area contributed by atoms with Gasteiger partial charge in [0.05, 0.1) is 19.3 Å². The second-order valence-electron chi connectivity index (χ2n) is 5.98. The fourth-order valence-corrected chi connectivity index (χ4v) is 3.07. The number of fused-ring (bicyclic) bond motifs is 1. The Morgan fingerprint density at radius 3 is 2.80 bits per heavy atom. The number of amides is 1. The van der Waals surface area contributed by atoms with Crippen LogP contribution in [-0.4, -0.2) is 24.1 Å². The van der Waals surface area contributed by atoms with Gasteiger partial charge in [0, 0.05) is 6.07 Å². The topological polar surface area (TPSA) is 66.8 Å². The number of benzene rings is 2. The first kappa shape index (κ1) is 17.0. The maximum Gasteiger partial charge on any atom is 0.316 e. The molecule has 3 rings (SSSR count). The van der Waals surface area contributed by atoms with Crippen LogP contribution in [0.25, 0.3) is 0 Å². The molecule has 0 saturated carbocycles. The van der Waals surface area contributed by atoms with Crippen LogP contribution in [0.15, 0.2) is 42.5 Å². The van der Waals surface area contributed by atoms with Gasteiger partial charge < -0.3 is 14.7 Å². The van der Waals surface area contributed by atoms with Crippen molar-refractivity contribution in [3.63, 3.8) is 0 Å². The monoisotopic (exact) mass is 343 g/mol. The number of aliphatic carboxylic acids is 1. The number of carboxylic acids is 1. The largest absolute Gasteiger partial charge is 0.497 e. The Labute approximate surface area is 144 Å². The maximum absolute atomic E-state index is 13.5. The first-order valence-electron chi connectivity index (χ1n) is 7.95. The molecule has 0 aromatic heterocycles. The lowest BCUT2D eigenvalue weighted by Gasteiger charge is -2.25. The van der Waals surface area contributed by atoms with Crippen LogP contribution in [0, 0.1) is 11.7 Å². The van der Waals surface area contributed by atoms with Gasteiger partial charge in [0.25, 0.3) is 0 Å². The quantitative estimate of drug-likeness (QED) is 0.867. The first-order chi connectivity index (χ1) is 12.0. The summed E-state index contributed by atoms with van der Waals surface area (Å²) < 4.78 is 18.7. The van der Waals surface area contributed by atoms with Crippen LogP contribution in [0.2, 0.25) is 0 Å². The number of aryl methyl sites for hydroxylation is 1. The molecular formula is C19H18FNO4. The molecule has 1 atom stereocenters. The van der Waals surface area contributed by atoms with Gasteiger partial charge in [-0.25, -0.2) is 4.39 Å². The SMILES string of the molecule is COc1ccc2c(c1)N(Cc1cccc(F)c1)C(=O)C(C(=O)O)CC2. The zero-order valence-electron chi connectivity index (χ0n) is 13.7. The number of carbonyl (C=O) groups is 2. The van der Waals surface area contributed by atoms with Gasteiger partial charge in [-0.2, -0.15) is 0 Å². The van der Waals surface area contributed by atoms with Crippen LogP contribution in [0.1, 0.15) is 17.5 Å². The number of hydrogen-bond acceptors (Lipinski definition) is 3. The number of anilines is 1. The molecule has 1 amide bonds. The number of carboxylic acid groups (broad SMARTS) is 1. The number of ether oxygens (including phenoxy) is 1. The molecule has 6 heteroatoms. The average molecular weight is 343 g/mol. The number of nitrogens with zero attached hydrogens (tertiary/aromatic N) is 1. The third-order valence-electron chi connectivity index (χ3n) is 4.38. The first-order valence-corrected chi connectivity index (χ1v) is 7.95. The number of halogens is 1. The van der Waals surface area contributed by atoms with Crippen molar-refractivity contribution in [2.45, 2.75) is 19.4 Å². The molecule has 1 unspecified atom stereocenters. The lowest BCUT2D eigenvalue weighted by molar-refractivity contribution is -0.146. The average Bonchev–Trinajstić information content (AvgIpc) is 2.72. The van der Waals surface area contributed by atoms with Gasteiger partial charge in [-0.1, -0.05) is 18.2 Å². The summed E-state index contributed by atoms with van der Waals surface area (Å²) in [6.07, 6.45) is 0.703. The van der Waals surface area contributed by atoms with E-state index in [0.717, 1.165) is 5.56 Å². The summed E-state index contributed by atoms with van der Waals surface area (Å²) in [6, 6.07) is 11.3. The fourth-order valence-electron chi connectivity index (χ4n) is 3.07. The Kier molecular flexibility index (Phi) is 4.70. The molecular weight excluding hydrogens is 325 g/mol. The van der Waals surface area contributed by atoms with Crippen molar-refractivity contribution in [3.8, 4) is 5.75 Å². The Morgan fingerprint density at radius 2 is 2.12 bits per heavy atom. The van der Waals surface area contributed by atoms with Crippen molar-refractivity contribution in [2.24, 2.45) is 5.92 Å². The minimum atomic E-state index is -1.14. The van der Waals surface area contributed by atoms with Crippen molar-refractivity contribution < 1.29 is 23.8 Å². The number of methoxy groups -OCH3 is 1. The van der Waals surface area contributed by atoms with Gasteiger partial charge in [-0.15, -0.1) is 0 Å². The van der Waals surface area contributed by atoms with Crippen molar-refractivity contribution >= 4 is 17.6 Å². The zero-order valence-corrected chi connectivity index (χ0v) is 13.7. The highest BCUT2D eigenvalue weighted by molar-refractivity contribution is 6.06. The van der Waals surface area contributed by atoms with Gasteiger partial charge in [0.1, 0.15) is 17.5 Å². The van der Waals surface area contributed by atoms with Gasteiger partial charge in [-0.3, -0.25) is 9.59 Å². The highest BCUT2D eigenvalue weighted by Crippen LogP contribution is 2.33. The Morgan fingerprint density at radius 1 is 1.32 bits per heavy atom. The molecule has 1 aliphatic heterocycles. The predicted molar refractivity (Wildman–Crippen MR) is 90.0 cm³/mol. The lowest BCUT2D eigenvalue weighted by Crippen LogP contribution is -2.38. The molecule has 0 bridgehead atoms. The predicted octanol–water partition coefficient (Wildman–Crippen LogP) is 3.01. The van der Waals surface area contributed by atoms with Crippen LogP contribution < -0.4 is 9.64 Å². The van der Waals surface area contributed by atoms with E-state index in [0.29, 0.717) is 23.4 Å². The molecule has 1 aliphatic rings. The van der Waals surface area contributed by atoms with Crippen LogP contribution in [0.5, 0.6) is 5.75 Å². The highest BCUT2D eigenvalue weighted by Gasteiger charge is 2.35. The van der Waals surface area contributed by atoms with Crippen molar-refractivity contribution in [1.29, 1.82) is 0 Å². The molecule has 0 radical (unpaired) electrons. The second-order valence-corrected chi connectivity index (χ2v) is 5.98. The minimum absolute atomic E-state index is 0.0978. The van der Waals surface area contributed by atoms with Crippen LogP contribution in [0.3, 0.4) is 0 Å². The highest BCUT2D eigenvalue weighted by atomic mass is 19.1. The summed E-state index contributed by atoms with van der Waals surface area (Å²) in [7, 11) is 1.53. The van der Waals surface area contributed by atoms with E-state index < -0.39 is 23.6 Å². The van der Waals surface area contributed by atoms with Gasteiger partial charge >= 0.3 is 5.97 Å². The molecule has 25 heavy (non-hydrogen) atoms. The van der Waals surface area contributed by atoms with E-state index in [4.69, 9.17) is 4.74 Å². The van der Waals surface area contributed by atoms with E-state index >= 15 is 0 Å². The van der Waals surface area contributed by atoms with Crippen LogP contribution in [-0.2, 0) is 22.6 Å². The third kappa shape index (κ3) is 3.47. The van der Waals surface area contributed by atoms with Crippen LogP contribution in [0.4, 0.5) is 10.1 Å². The van der Waals surface area contributed by atoms with Gasteiger partial charge in [0.2, 0.25) is 5.91 Å². The summed E-state index contributed by atoms with van der Waals surface area (Å²) in [5.74, 6) is -2.59. The second kappa shape index (κ2) is 6.93. The molecule has 5 nitrogen and oxygen atoms in total. The molecule has 1 N–H and O–H groups in total. The van der Waals surface area contributed by atoms with Crippen LogP contribution >= 0.6 is 0 Å². The summed E-state index contributed by atoms with van der Waals surface area (Å²) in [4.78, 5) is 25.8. The molecule has 2 aromatic rings. The normalized spacial score (nSPS) is 17.0. The maximum atomic E-state index is 13.5. The Balaban J connectivity index is 2.06. The molecule has 0 aliphatic carbocycles. The Bertz CT molecular complexity index is 821. The summed E-state index contributed by atoms with van der Waals surface area (Å²) in [6.45, 7) is 0.0978. The fraction of sp³-hybridized carbons (Fsp3) is 0.263. The third-order valence-corrected chi connectivity index (χ3v) is 4.38. The number of hydrogen-bond donors (Lipinski definition) is 1. The summed E-state index contributed by atoms with van der Waals surface area (Å²) in [5, 5.41) is 9.41. The van der Waals surface area contributed by atoms with E-state index in [9.17, 15) is 19.1 Å². The minimum Gasteiger partial charge on any atom is -0.497 e. The molecule has 130 valence electrons. The lowest BCUT2D eigenvalue weighted by atomic mass is 10.0. The molecule has 0 fully saturated rings. The van der Waals surface area contributed by atoms with E-state index in [1.54, 1.807) is 24.3 Å². The van der Waals surface area contributed by atoms with Crippen molar-refractivity contribution in [3.05, 3.63) is 59.4 Å². The summed E-state index contributed by atoms with van der Waals surface area (Å²) >= 11 is 0. The van der Waals surface area contributed by atoms with E-state index in [-0.39, 0.29) is 13.0 Å². The van der Waals surface area contributed by atoms with E-state index in [1.165, 1.54) is 24.1 Å². The smallest absolute Gasteiger partial charge is 0.316 e. The standard InChI is InChI=1S/C19H18FNO4/c1-25-15-7-5-13-6-8-16(19(23)24)18(22)21(17(13)10-15)11-12-3-2-4-14(20)9-12/h2-5,7,9-10,16H,6,8,11H2,1H3,(H,23,24). The number of rotatable bonds is 4. The van der Waals surface area contributed by atoms with Crippen molar-refractivity contribution in [2.75, 3.05) is 12.0 Å². The molecule has 0 saturated heterocycles. The Hall–Kier alpha value is -2.89. The van der Waals surface area contributed by atoms with E-state index in [2.05, 4.69) is 0 Å². The molecule has 1 heterocycles. The van der Waals surface area contributed by atoms with Gasteiger partial charge in [-0.05, 0) is 42.2 Å². The van der Waals surface area contributed by atoms with E-state index in [1.807, 2.05) is 6.07 Å².